The quantitative estimate of drug-likeness (QED) is 0.766. The molecule has 0 aliphatic heterocycles. The lowest BCUT2D eigenvalue weighted by molar-refractivity contribution is 0.429. The summed E-state index contributed by atoms with van der Waals surface area (Å²) in [7, 11) is 0. The molecule has 1 rings (SSSR count). The average Bonchev–Trinajstić information content (AvgIpc) is 2.36. The summed E-state index contributed by atoms with van der Waals surface area (Å²) in [5.74, 6) is -3.03. The zero-order valence-electron chi connectivity index (χ0n) is 12.4. The van der Waals surface area contributed by atoms with Crippen LogP contribution in [-0.4, -0.2) is 17.0 Å². The third-order valence-electron chi connectivity index (χ3n) is 2.76. The van der Waals surface area contributed by atoms with E-state index in [4.69, 9.17) is 0 Å². The Balaban J connectivity index is 2.95. The summed E-state index contributed by atoms with van der Waals surface area (Å²) in [6, 6.07) is 1.98. The molecule has 0 saturated carbocycles. The topological polar surface area (TPSA) is 12.0 Å². The Morgan fingerprint density at radius 2 is 1.80 bits per heavy atom. The maximum Gasteiger partial charge on any atom is 0.194 e. The van der Waals surface area contributed by atoms with Gasteiger partial charge in [-0.1, -0.05) is 33.8 Å². The van der Waals surface area contributed by atoms with Crippen LogP contribution in [0.4, 0.5) is 13.2 Å². The molecule has 0 heterocycles. The molecule has 0 aliphatic carbocycles. The minimum Gasteiger partial charge on any atom is -0.309 e. The summed E-state index contributed by atoms with van der Waals surface area (Å²) >= 11 is 1.66. The van der Waals surface area contributed by atoms with Crippen LogP contribution in [0.25, 0.3) is 0 Å². The molecule has 1 N–H and O–H groups in total. The maximum absolute atomic E-state index is 13.9. The Morgan fingerprint density at radius 3 is 2.35 bits per heavy atom. The number of benzene rings is 1. The van der Waals surface area contributed by atoms with Crippen LogP contribution in [0.2, 0.25) is 0 Å². The number of rotatable bonds is 6. The zero-order chi connectivity index (χ0) is 15.3. The van der Waals surface area contributed by atoms with Crippen molar-refractivity contribution < 1.29 is 13.2 Å². The molecule has 0 radical (unpaired) electrons. The number of nitrogens with one attached hydrogen (secondary N) is 1. The number of thioether (sulfide) groups is 1. The molecule has 1 aromatic carbocycles. The lowest BCUT2D eigenvalue weighted by atomic mass is 10.1. The van der Waals surface area contributed by atoms with Crippen LogP contribution in [0, 0.1) is 17.5 Å². The second-order valence-electron chi connectivity index (χ2n) is 5.69. The molecular formula is C15H22F3NS. The molecule has 5 heteroatoms. The van der Waals surface area contributed by atoms with Gasteiger partial charge in [-0.25, -0.2) is 13.2 Å². The van der Waals surface area contributed by atoms with Crippen LogP contribution >= 0.6 is 11.8 Å². The van der Waals surface area contributed by atoms with Gasteiger partial charge in [0.25, 0.3) is 0 Å². The fraction of sp³-hybridized carbons (Fsp3) is 0.600. The molecule has 0 spiro atoms. The van der Waals surface area contributed by atoms with Gasteiger partial charge in [-0.3, -0.25) is 0 Å². The molecule has 0 amide bonds. The molecular weight excluding hydrogens is 283 g/mol. The van der Waals surface area contributed by atoms with E-state index in [1.807, 2.05) is 6.92 Å². The second-order valence-corrected chi connectivity index (χ2v) is 7.54. The second kappa shape index (κ2) is 7.36. The van der Waals surface area contributed by atoms with Crippen molar-refractivity contribution in [1.29, 1.82) is 0 Å². The fourth-order valence-corrected chi connectivity index (χ4v) is 2.68. The van der Waals surface area contributed by atoms with E-state index < -0.39 is 17.5 Å². The Bertz CT molecular complexity index is 443. The first-order valence-electron chi connectivity index (χ1n) is 6.77. The normalized spacial score (nSPS) is 13.6. The lowest BCUT2D eigenvalue weighted by Gasteiger charge is -2.24. The van der Waals surface area contributed by atoms with Crippen LogP contribution in [-0.2, 0) is 0 Å². The van der Waals surface area contributed by atoms with E-state index in [0.717, 1.165) is 12.5 Å². The molecule has 1 unspecified atom stereocenters. The van der Waals surface area contributed by atoms with E-state index in [-0.39, 0.29) is 16.4 Å². The molecule has 1 aromatic rings. The number of halogens is 3. The van der Waals surface area contributed by atoms with E-state index >= 15 is 0 Å². The van der Waals surface area contributed by atoms with Gasteiger partial charge in [0.15, 0.2) is 17.5 Å². The average molecular weight is 305 g/mol. The summed E-state index contributed by atoms with van der Waals surface area (Å²) in [5, 5.41) is 3.20. The van der Waals surface area contributed by atoms with E-state index in [1.165, 1.54) is 6.07 Å². The van der Waals surface area contributed by atoms with Crippen LogP contribution in [0.3, 0.4) is 0 Å². The SMILES string of the molecule is CCCNC(CSC(C)(C)C)c1ccc(F)c(F)c1F. The van der Waals surface area contributed by atoms with Crippen molar-refractivity contribution in [3.8, 4) is 0 Å². The molecule has 0 saturated heterocycles. The van der Waals surface area contributed by atoms with Gasteiger partial charge in [-0.2, -0.15) is 11.8 Å². The molecule has 0 aliphatic rings. The molecule has 0 bridgehead atoms. The molecule has 1 nitrogen and oxygen atoms in total. The Morgan fingerprint density at radius 1 is 1.15 bits per heavy atom. The van der Waals surface area contributed by atoms with Gasteiger partial charge in [0.05, 0.1) is 0 Å². The standard InChI is InChI=1S/C15H22F3NS/c1-5-8-19-12(9-20-15(2,3)4)10-6-7-11(16)14(18)13(10)17/h6-7,12,19H,5,8-9H2,1-4H3. The summed E-state index contributed by atoms with van der Waals surface area (Å²) in [6.07, 6.45) is 0.891. The minimum atomic E-state index is -1.40. The highest BCUT2D eigenvalue weighted by molar-refractivity contribution is 8.00. The minimum absolute atomic E-state index is 0.0290. The predicted molar refractivity (Wildman–Crippen MR) is 79.6 cm³/mol. The van der Waals surface area contributed by atoms with E-state index in [2.05, 4.69) is 26.1 Å². The number of hydrogen-bond acceptors (Lipinski definition) is 2. The van der Waals surface area contributed by atoms with Crippen LogP contribution < -0.4 is 5.32 Å². The smallest absolute Gasteiger partial charge is 0.194 e. The van der Waals surface area contributed by atoms with Gasteiger partial charge in [0.1, 0.15) is 0 Å². The highest BCUT2D eigenvalue weighted by Gasteiger charge is 2.22. The van der Waals surface area contributed by atoms with Crippen molar-refractivity contribution >= 4 is 11.8 Å². The summed E-state index contributed by atoms with van der Waals surface area (Å²) in [6.45, 7) is 8.90. The van der Waals surface area contributed by atoms with E-state index in [1.54, 1.807) is 11.8 Å². The van der Waals surface area contributed by atoms with Crippen molar-refractivity contribution in [2.75, 3.05) is 12.3 Å². The van der Waals surface area contributed by atoms with Gasteiger partial charge < -0.3 is 5.32 Å². The van der Waals surface area contributed by atoms with Crippen LogP contribution in [0.1, 0.15) is 45.7 Å². The third-order valence-corrected chi connectivity index (χ3v) is 4.13. The Kier molecular flexibility index (Phi) is 6.40. The summed E-state index contributed by atoms with van der Waals surface area (Å²) in [4.78, 5) is 0. The summed E-state index contributed by atoms with van der Waals surface area (Å²) < 4.78 is 40.3. The molecule has 1 atom stereocenters. The lowest BCUT2D eigenvalue weighted by Crippen LogP contribution is -2.27. The Hall–Kier alpha value is -0.680. The monoisotopic (exact) mass is 305 g/mol. The first-order valence-corrected chi connectivity index (χ1v) is 7.75. The largest absolute Gasteiger partial charge is 0.309 e. The first kappa shape index (κ1) is 17.4. The van der Waals surface area contributed by atoms with Gasteiger partial charge in [-0.05, 0) is 19.0 Å². The predicted octanol–water partition coefficient (Wildman–Crippen LogP) is 4.68. The zero-order valence-corrected chi connectivity index (χ0v) is 13.2. The van der Waals surface area contributed by atoms with E-state index in [9.17, 15) is 13.2 Å². The maximum atomic E-state index is 13.9. The van der Waals surface area contributed by atoms with Crippen molar-refractivity contribution in [2.24, 2.45) is 0 Å². The molecule has 20 heavy (non-hydrogen) atoms. The third kappa shape index (κ3) is 5.02. The summed E-state index contributed by atoms with van der Waals surface area (Å²) in [5.41, 5.74) is 0.189. The van der Waals surface area contributed by atoms with Crippen molar-refractivity contribution in [3.05, 3.63) is 35.1 Å². The van der Waals surface area contributed by atoms with Gasteiger partial charge in [0, 0.05) is 22.1 Å². The fourth-order valence-electron chi connectivity index (χ4n) is 1.72. The highest BCUT2D eigenvalue weighted by atomic mass is 32.2. The van der Waals surface area contributed by atoms with Gasteiger partial charge in [-0.15, -0.1) is 0 Å². The van der Waals surface area contributed by atoms with Gasteiger partial charge >= 0.3 is 0 Å². The van der Waals surface area contributed by atoms with Crippen molar-refractivity contribution in [3.63, 3.8) is 0 Å². The molecule has 114 valence electrons. The molecule has 0 fully saturated rings. The Labute approximate surface area is 123 Å². The van der Waals surface area contributed by atoms with Crippen LogP contribution in [0.15, 0.2) is 12.1 Å². The van der Waals surface area contributed by atoms with Gasteiger partial charge in [0.2, 0.25) is 0 Å². The van der Waals surface area contributed by atoms with Crippen LogP contribution in [0.5, 0.6) is 0 Å². The molecule has 0 aromatic heterocycles. The van der Waals surface area contributed by atoms with Crippen molar-refractivity contribution in [1.82, 2.24) is 5.32 Å². The highest BCUT2D eigenvalue weighted by Crippen LogP contribution is 2.30. The van der Waals surface area contributed by atoms with Crippen molar-refractivity contribution in [2.45, 2.75) is 44.9 Å². The number of hydrogen-bond donors (Lipinski definition) is 1. The first-order chi connectivity index (χ1) is 9.26. The van der Waals surface area contributed by atoms with E-state index in [0.29, 0.717) is 12.3 Å².